The summed E-state index contributed by atoms with van der Waals surface area (Å²) < 4.78 is 19.3. The second-order valence-electron chi connectivity index (χ2n) is 9.16. The van der Waals surface area contributed by atoms with Gasteiger partial charge in [-0.3, -0.25) is 0 Å². The standard InChI is InChI=1S/C24H26FNO2/c1-23(2,3)17-11-16(12-18(14-17)24(4,5)6)21-26-20(22(27)28-21)13-15-9-7-8-10-19(15)25/h7-14H,1-6H3/b20-13+. The van der Waals surface area contributed by atoms with E-state index in [4.69, 9.17) is 4.74 Å². The van der Waals surface area contributed by atoms with E-state index >= 15 is 0 Å². The van der Waals surface area contributed by atoms with Crippen LogP contribution in [0.25, 0.3) is 6.08 Å². The van der Waals surface area contributed by atoms with Gasteiger partial charge < -0.3 is 4.74 Å². The van der Waals surface area contributed by atoms with Crippen molar-refractivity contribution in [3.05, 3.63) is 76.2 Å². The fourth-order valence-corrected chi connectivity index (χ4v) is 2.89. The minimum atomic E-state index is -0.572. The molecule has 0 aliphatic carbocycles. The molecule has 0 atom stereocenters. The number of ether oxygens (including phenoxy) is 1. The lowest BCUT2D eigenvalue weighted by Crippen LogP contribution is -2.18. The minimum absolute atomic E-state index is 0.0645. The third kappa shape index (κ3) is 4.22. The van der Waals surface area contributed by atoms with E-state index in [1.165, 1.54) is 12.1 Å². The first-order chi connectivity index (χ1) is 12.9. The number of hydrogen-bond acceptors (Lipinski definition) is 3. The Hall–Kier alpha value is -2.75. The summed E-state index contributed by atoms with van der Waals surface area (Å²) in [5, 5.41) is 0. The van der Waals surface area contributed by atoms with Crippen LogP contribution >= 0.6 is 0 Å². The summed E-state index contributed by atoms with van der Waals surface area (Å²) in [6.45, 7) is 12.9. The van der Waals surface area contributed by atoms with E-state index in [-0.39, 0.29) is 22.4 Å². The molecule has 0 radical (unpaired) electrons. The van der Waals surface area contributed by atoms with E-state index in [1.807, 2.05) is 12.1 Å². The summed E-state index contributed by atoms with van der Waals surface area (Å²) in [6, 6.07) is 12.5. The molecule has 0 fully saturated rings. The molecule has 28 heavy (non-hydrogen) atoms. The monoisotopic (exact) mass is 379 g/mol. The lowest BCUT2D eigenvalue weighted by molar-refractivity contribution is -0.129. The predicted octanol–water partition coefficient (Wildman–Crippen LogP) is 5.77. The average molecular weight is 379 g/mol. The molecule has 3 nitrogen and oxygen atoms in total. The van der Waals surface area contributed by atoms with E-state index < -0.39 is 11.8 Å². The Kier molecular flexibility index (Phi) is 5.00. The number of rotatable bonds is 2. The van der Waals surface area contributed by atoms with Crippen LogP contribution in [0.4, 0.5) is 4.39 Å². The molecule has 0 bridgehead atoms. The van der Waals surface area contributed by atoms with Crippen molar-refractivity contribution in [2.24, 2.45) is 4.99 Å². The van der Waals surface area contributed by atoms with Gasteiger partial charge in [0, 0.05) is 11.1 Å². The molecule has 0 spiro atoms. The van der Waals surface area contributed by atoms with Crippen molar-refractivity contribution < 1.29 is 13.9 Å². The molecule has 0 unspecified atom stereocenters. The van der Waals surface area contributed by atoms with Gasteiger partial charge in [0.1, 0.15) is 5.82 Å². The van der Waals surface area contributed by atoms with Crippen LogP contribution in [0, 0.1) is 5.82 Å². The zero-order valence-corrected chi connectivity index (χ0v) is 17.3. The van der Waals surface area contributed by atoms with Crippen LogP contribution in [-0.2, 0) is 20.4 Å². The molecule has 2 aromatic carbocycles. The van der Waals surface area contributed by atoms with E-state index in [0.29, 0.717) is 5.56 Å². The fraction of sp³-hybridized carbons (Fsp3) is 0.333. The largest absolute Gasteiger partial charge is 0.402 e. The van der Waals surface area contributed by atoms with Crippen LogP contribution < -0.4 is 0 Å². The fourth-order valence-electron chi connectivity index (χ4n) is 2.89. The lowest BCUT2D eigenvalue weighted by atomic mass is 9.79. The second-order valence-corrected chi connectivity index (χ2v) is 9.16. The first kappa shape index (κ1) is 20.0. The molecule has 0 N–H and O–H groups in total. The van der Waals surface area contributed by atoms with Crippen LogP contribution in [0.15, 0.2) is 53.2 Å². The number of benzene rings is 2. The SMILES string of the molecule is CC(C)(C)c1cc(C2=N/C(=C/c3ccccc3F)C(=O)O2)cc(C(C)(C)C)c1. The molecule has 0 saturated carbocycles. The maximum absolute atomic E-state index is 13.9. The Labute approximate surface area is 166 Å². The molecular formula is C24H26FNO2. The molecule has 0 aromatic heterocycles. The minimum Gasteiger partial charge on any atom is -0.402 e. The van der Waals surface area contributed by atoms with Gasteiger partial charge in [0.15, 0.2) is 5.70 Å². The second kappa shape index (κ2) is 7.01. The molecule has 0 amide bonds. The van der Waals surface area contributed by atoms with Gasteiger partial charge in [0.25, 0.3) is 0 Å². The van der Waals surface area contributed by atoms with Crippen molar-refractivity contribution in [3.8, 4) is 0 Å². The van der Waals surface area contributed by atoms with Crippen molar-refractivity contribution in [3.63, 3.8) is 0 Å². The highest BCUT2D eigenvalue weighted by Crippen LogP contribution is 2.31. The van der Waals surface area contributed by atoms with E-state index in [9.17, 15) is 9.18 Å². The number of aliphatic imine (C=N–C) groups is 1. The quantitative estimate of drug-likeness (QED) is 0.491. The number of esters is 1. The van der Waals surface area contributed by atoms with Crippen LogP contribution in [0.1, 0.15) is 63.8 Å². The van der Waals surface area contributed by atoms with Crippen molar-refractivity contribution >= 4 is 17.9 Å². The highest BCUT2D eigenvalue weighted by Gasteiger charge is 2.27. The van der Waals surface area contributed by atoms with Gasteiger partial charge in [0.2, 0.25) is 5.90 Å². The molecule has 2 aromatic rings. The molecule has 4 heteroatoms. The molecule has 0 saturated heterocycles. The first-order valence-electron chi connectivity index (χ1n) is 9.39. The lowest BCUT2D eigenvalue weighted by Gasteiger charge is -2.26. The normalized spacial score (nSPS) is 16.3. The Morgan fingerprint density at radius 2 is 1.50 bits per heavy atom. The van der Waals surface area contributed by atoms with Crippen molar-refractivity contribution in [2.75, 3.05) is 0 Å². The first-order valence-corrected chi connectivity index (χ1v) is 9.39. The predicted molar refractivity (Wildman–Crippen MR) is 111 cm³/mol. The molecule has 1 aliphatic heterocycles. The van der Waals surface area contributed by atoms with Crippen LogP contribution in [-0.4, -0.2) is 11.9 Å². The van der Waals surface area contributed by atoms with Gasteiger partial charge in [-0.15, -0.1) is 0 Å². The van der Waals surface area contributed by atoms with Crippen molar-refractivity contribution in [2.45, 2.75) is 52.4 Å². The van der Waals surface area contributed by atoms with Gasteiger partial charge in [-0.1, -0.05) is 65.8 Å². The van der Waals surface area contributed by atoms with E-state index in [0.717, 1.165) is 16.7 Å². The summed E-state index contributed by atoms with van der Waals surface area (Å²) in [5.74, 6) is -0.725. The third-order valence-corrected chi connectivity index (χ3v) is 4.73. The average Bonchev–Trinajstić information content (AvgIpc) is 2.96. The number of halogens is 1. The summed E-state index contributed by atoms with van der Waals surface area (Å²) in [6.07, 6.45) is 1.42. The summed E-state index contributed by atoms with van der Waals surface area (Å²) in [5.41, 5.74) is 3.30. The maximum Gasteiger partial charge on any atom is 0.363 e. The highest BCUT2D eigenvalue weighted by atomic mass is 19.1. The van der Waals surface area contributed by atoms with Gasteiger partial charge in [-0.2, -0.15) is 0 Å². The number of hydrogen-bond donors (Lipinski definition) is 0. The molecular weight excluding hydrogens is 353 g/mol. The Morgan fingerprint density at radius 1 is 0.929 bits per heavy atom. The zero-order chi connectivity index (χ0) is 20.7. The Bertz CT molecular complexity index is 956. The summed E-state index contributed by atoms with van der Waals surface area (Å²) >= 11 is 0. The maximum atomic E-state index is 13.9. The number of cyclic esters (lactones) is 1. The highest BCUT2D eigenvalue weighted by molar-refractivity contribution is 6.13. The summed E-state index contributed by atoms with van der Waals surface area (Å²) in [7, 11) is 0. The van der Waals surface area contributed by atoms with Crippen molar-refractivity contribution in [1.29, 1.82) is 0 Å². The van der Waals surface area contributed by atoms with Crippen LogP contribution in [0.5, 0.6) is 0 Å². The zero-order valence-electron chi connectivity index (χ0n) is 17.3. The number of carbonyl (C=O) groups is 1. The molecule has 1 heterocycles. The van der Waals surface area contributed by atoms with Gasteiger partial charge in [-0.05, 0) is 46.2 Å². The van der Waals surface area contributed by atoms with E-state index in [1.54, 1.807) is 18.2 Å². The molecule has 1 aliphatic rings. The van der Waals surface area contributed by atoms with E-state index in [2.05, 4.69) is 52.6 Å². The Balaban J connectivity index is 2.08. The topological polar surface area (TPSA) is 38.7 Å². The molecule has 3 rings (SSSR count). The van der Waals surface area contributed by atoms with Crippen LogP contribution in [0.3, 0.4) is 0 Å². The van der Waals surface area contributed by atoms with Crippen LogP contribution in [0.2, 0.25) is 0 Å². The smallest absolute Gasteiger partial charge is 0.363 e. The Morgan fingerprint density at radius 3 is 2.04 bits per heavy atom. The number of carbonyl (C=O) groups excluding carboxylic acids is 1. The van der Waals surface area contributed by atoms with Gasteiger partial charge in [0.05, 0.1) is 0 Å². The summed E-state index contributed by atoms with van der Waals surface area (Å²) in [4.78, 5) is 16.7. The number of nitrogens with zero attached hydrogens (tertiary/aromatic N) is 1. The third-order valence-electron chi connectivity index (χ3n) is 4.73. The van der Waals surface area contributed by atoms with Crippen molar-refractivity contribution in [1.82, 2.24) is 0 Å². The molecule has 146 valence electrons. The van der Waals surface area contributed by atoms with Gasteiger partial charge >= 0.3 is 5.97 Å². The van der Waals surface area contributed by atoms with Gasteiger partial charge in [-0.25, -0.2) is 14.2 Å².